The zero-order valence-corrected chi connectivity index (χ0v) is 11.2. The van der Waals surface area contributed by atoms with Crippen LogP contribution in [0.2, 0.25) is 0 Å². The molecule has 1 aliphatic carbocycles. The molecule has 0 aromatic rings. The molecule has 2 fully saturated rings. The Morgan fingerprint density at radius 3 is 2.56 bits per heavy atom. The average molecular weight is 224 g/mol. The van der Waals surface area contributed by atoms with E-state index < -0.39 is 0 Å². The van der Waals surface area contributed by atoms with Crippen molar-refractivity contribution in [1.29, 1.82) is 0 Å². The standard InChI is InChI=1S/C14H28N2/c1-4-15-14-7-13(11(2)3)9-16(10-14)8-12-5-6-12/h11-15H,4-10H2,1-3H3. The number of hydrogen-bond donors (Lipinski definition) is 1. The van der Waals surface area contributed by atoms with Gasteiger partial charge in [0.15, 0.2) is 0 Å². The predicted octanol–water partition coefficient (Wildman–Crippen LogP) is 2.35. The van der Waals surface area contributed by atoms with E-state index >= 15 is 0 Å². The van der Waals surface area contributed by atoms with Crippen LogP contribution in [-0.2, 0) is 0 Å². The quantitative estimate of drug-likeness (QED) is 0.771. The molecule has 1 heterocycles. The first kappa shape index (κ1) is 12.4. The van der Waals surface area contributed by atoms with Crippen LogP contribution in [0.5, 0.6) is 0 Å². The normalized spacial score (nSPS) is 32.2. The maximum absolute atomic E-state index is 3.65. The van der Waals surface area contributed by atoms with E-state index in [2.05, 4.69) is 31.0 Å². The summed E-state index contributed by atoms with van der Waals surface area (Å²) in [5.41, 5.74) is 0. The molecule has 0 aromatic carbocycles. The van der Waals surface area contributed by atoms with Gasteiger partial charge < -0.3 is 10.2 Å². The fraction of sp³-hybridized carbons (Fsp3) is 1.00. The highest BCUT2D eigenvalue weighted by Crippen LogP contribution is 2.32. The van der Waals surface area contributed by atoms with Crippen molar-refractivity contribution in [1.82, 2.24) is 10.2 Å². The fourth-order valence-electron chi connectivity index (χ4n) is 2.97. The van der Waals surface area contributed by atoms with Crippen LogP contribution in [-0.4, -0.2) is 37.1 Å². The van der Waals surface area contributed by atoms with Crippen LogP contribution in [0.1, 0.15) is 40.0 Å². The highest BCUT2D eigenvalue weighted by molar-refractivity contribution is 4.87. The molecule has 2 unspecified atom stereocenters. The maximum atomic E-state index is 3.65. The first-order chi connectivity index (χ1) is 7.69. The second-order valence-electron chi connectivity index (χ2n) is 6.16. The van der Waals surface area contributed by atoms with Gasteiger partial charge in [0.25, 0.3) is 0 Å². The second-order valence-corrected chi connectivity index (χ2v) is 6.16. The number of likely N-dealkylation sites (N-methyl/N-ethyl adjacent to an activating group) is 1. The fourth-order valence-corrected chi connectivity index (χ4v) is 2.97. The van der Waals surface area contributed by atoms with Gasteiger partial charge >= 0.3 is 0 Å². The third-order valence-corrected chi connectivity index (χ3v) is 4.21. The Labute approximate surface area is 101 Å². The highest BCUT2D eigenvalue weighted by atomic mass is 15.2. The number of nitrogens with one attached hydrogen (secondary N) is 1. The Morgan fingerprint density at radius 2 is 2.00 bits per heavy atom. The zero-order valence-electron chi connectivity index (χ0n) is 11.2. The first-order valence-corrected chi connectivity index (χ1v) is 7.14. The van der Waals surface area contributed by atoms with Crippen molar-refractivity contribution in [2.75, 3.05) is 26.2 Å². The SMILES string of the molecule is CCNC1CC(C(C)C)CN(CC2CC2)C1. The molecule has 0 aromatic heterocycles. The zero-order chi connectivity index (χ0) is 11.5. The van der Waals surface area contributed by atoms with Crippen molar-refractivity contribution in [2.24, 2.45) is 17.8 Å². The van der Waals surface area contributed by atoms with Crippen LogP contribution in [0.3, 0.4) is 0 Å². The van der Waals surface area contributed by atoms with Gasteiger partial charge in [0.05, 0.1) is 0 Å². The molecular formula is C14H28N2. The number of piperidine rings is 1. The van der Waals surface area contributed by atoms with Crippen molar-refractivity contribution in [3.8, 4) is 0 Å². The van der Waals surface area contributed by atoms with Gasteiger partial charge in [0, 0.05) is 25.7 Å². The Morgan fingerprint density at radius 1 is 1.25 bits per heavy atom. The van der Waals surface area contributed by atoms with Crippen molar-refractivity contribution in [3.05, 3.63) is 0 Å². The predicted molar refractivity (Wildman–Crippen MR) is 69.6 cm³/mol. The lowest BCUT2D eigenvalue weighted by atomic mass is 9.85. The Bertz CT molecular complexity index is 211. The number of hydrogen-bond acceptors (Lipinski definition) is 2. The minimum atomic E-state index is 0.741. The van der Waals surface area contributed by atoms with E-state index in [1.165, 1.54) is 38.9 Å². The van der Waals surface area contributed by atoms with Crippen molar-refractivity contribution < 1.29 is 0 Å². The first-order valence-electron chi connectivity index (χ1n) is 7.14. The lowest BCUT2D eigenvalue weighted by Gasteiger charge is -2.40. The molecule has 2 nitrogen and oxygen atoms in total. The van der Waals surface area contributed by atoms with Crippen LogP contribution >= 0.6 is 0 Å². The van der Waals surface area contributed by atoms with E-state index in [9.17, 15) is 0 Å². The van der Waals surface area contributed by atoms with Gasteiger partial charge in [-0.15, -0.1) is 0 Å². The lowest BCUT2D eigenvalue weighted by Crippen LogP contribution is -2.50. The summed E-state index contributed by atoms with van der Waals surface area (Å²) < 4.78 is 0. The van der Waals surface area contributed by atoms with E-state index in [0.717, 1.165) is 30.3 Å². The summed E-state index contributed by atoms with van der Waals surface area (Å²) in [6, 6.07) is 0.741. The van der Waals surface area contributed by atoms with Crippen molar-refractivity contribution in [2.45, 2.75) is 46.1 Å². The Kier molecular flexibility index (Phi) is 4.26. The summed E-state index contributed by atoms with van der Waals surface area (Å²) in [4.78, 5) is 2.72. The molecule has 0 spiro atoms. The molecule has 0 bridgehead atoms. The van der Waals surface area contributed by atoms with Crippen molar-refractivity contribution in [3.63, 3.8) is 0 Å². The second kappa shape index (κ2) is 5.50. The summed E-state index contributed by atoms with van der Waals surface area (Å²) in [6.45, 7) is 12.1. The lowest BCUT2D eigenvalue weighted by molar-refractivity contribution is 0.112. The molecule has 2 heteroatoms. The molecule has 1 aliphatic heterocycles. The Hall–Kier alpha value is -0.0800. The third kappa shape index (κ3) is 3.46. The molecule has 0 amide bonds. The van der Waals surface area contributed by atoms with Crippen LogP contribution in [0.4, 0.5) is 0 Å². The minimum absolute atomic E-state index is 0.741. The van der Waals surface area contributed by atoms with Gasteiger partial charge in [-0.2, -0.15) is 0 Å². The molecule has 1 N–H and O–H groups in total. The molecule has 2 atom stereocenters. The van der Waals surface area contributed by atoms with Crippen LogP contribution in [0, 0.1) is 17.8 Å². The summed E-state index contributed by atoms with van der Waals surface area (Å²) >= 11 is 0. The van der Waals surface area contributed by atoms with E-state index in [1.807, 2.05) is 0 Å². The molecule has 1 saturated carbocycles. The van der Waals surface area contributed by atoms with E-state index in [-0.39, 0.29) is 0 Å². The maximum Gasteiger partial charge on any atom is 0.0198 e. The largest absolute Gasteiger partial charge is 0.313 e. The number of nitrogens with zero attached hydrogens (tertiary/aromatic N) is 1. The average Bonchev–Trinajstić information content (AvgIpc) is 3.01. The topological polar surface area (TPSA) is 15.3 Å². The molecule has 1 saturated heterocycles. The third-order valence-electron chi connectivity index (χ3n) is 4.21. The summed E-state index contributed by atoms with van der Waals surface area (Å²) in [5.74, 6) is 2.77. The van der Waals surface area contributed by atoms with Crippen molar-refractivity contribution >= 4 is 0 Å². The number of likely N-dealkylation sites (tertiary alicyclic amines) is 1. The number of rotatable bonds is 5. The molecule has 2 aliphatic rings. The van der Waals surface area contributed by atoms with Gasteiger partial charge in [0.2, 0.25) is 0 Å². The molecule has 0 radical (unpaired) electrons. The van der Waals surface area contributed by atoms with Gasteiger partial charge in [-0.1, -0.05) is 20.8 Å². The van der Waals surface area contributed by atoms with Crippen LogP contribution in [0.15, 0.2) is 0 Å². The van der Waals surface area contributed by atoms with E-state index in [0.29, 0.717) is 0 Å². The summed E-state index contributed by atoms with van der Waals surface area (Å²) in [5, 5.41) is 3.65. The monoisotopic (exact) mass is 224 g/mol. The van der Waals surface area contributed by atoms with Crippen LogP contribution in [0.25, 0.3) is 0 Å². The molecule has 16 heavy (non-hydrogen) atoms. The highest BCUT2D eigenvalue weighted by Gasteiger charge is 2.32. The Balaban J connectivity index is 1.86. The summed E-state index contributed by atoms with van der Waals surface area (Å²) in [7, 11) is 0. The van der Waals surface area contributed by atoms with E-state index in [4.69, 9.17) is 0 Å². The van der Waals surface area contributed by atoms with Gasteiger partial charge in [-0.05, 0) is 43.6 Å². The molecular weight excluding hydrogens is 196 g/mol. The molecule has 94 valence electrons. The van der Waals surface area contributed by atoms with Gasteiger partial charge in [0.1, 0.15) is 0 Å². The van der Waals surface area contributed by atoms with Crippen LogP contribution < -0.4 is 5.32 Å². The molecule has 2 rings (SSSR count). The van der Waals surface area contributed by atoms with E-state index in [1.54, 1.807) is 0 Å². The van der Waals surface area contributed by atoms with Gasteiger partial charge in [-0.25, -0.2) is 0 Å². The smallest absolute Gasteiger partial charge is 0.0198 e. The van der Waals surface area contributed by atoms with Gasteiger partial charge in [-0.3, -0.25) is 0 Å². The summed E-state index contributed by atoms with van der Waals surface area (Å²) in [6.07, 6.45) is 4.34. The minimum Gasteiger partial charge on any atom is -0.313 e.